The third-order valence-electron chi connectivity index (χ3n) is 3.44. The molecule has 1 saturated carbocycles. The lowest BCUT2D eigenvalue weighted by atomic mass is 9.91. The standard InChI is InChI=1S/C16H19BrO3/c1-10(2)9-20-15-6-5-12(7-14(15)17)13(8-16(18)19)11-3-4-11/h5-7,11,13H,1,3-4,8-9H2,2H3,(H,18,19). The molecule has 1 aromatic carbocycles. The third kappa shape index (κ3) is 4.10. The molecule has 1 unspecified atom stereocenters. The molecule has 0 spiro atoms. The van der Waals surface area contributed by atoms with E-state index in [-0.39, 0.29) is 12.3 Å². The largest absolute Gasteiger partial charge is 0.488 e. The Morgan fingerprint density at radius 3 is 2.75 bits per heavy atom. The molecule has 1 atom stereocenters. The van der Waals surface area contributed by atoms with Crippen LogP contribution in [0.25, 0.3) is 0 Å². The predicted molar refractivity (Wildman–Crippen MR) is 82.2 cm³/mol. The number of ether oxygens (including phenoxy) is 1. The second kappa shape index (κ2) is 6.44. The van der Waals surface area contributed by atoms with Gasteiger partial charge in [0.1, 0.15) is 12.4 Å². The predicted octanol–water partition coefficient (Wildman–Crippen LogP) is 4.37. The fourth-order valence-corrected chi connectivity index (χ4v) is 2.82. The quantitative estimate of drug-likeness (QED) is 0.750. The van der Waals surface area contributed by atoms with E-state index in [2.05, 4.69) is 22.5 Å². The maximum Gasteiger partial charge on any atom is 0.303 e. The van der Waals surface area contributed by atoms with Crippen molar-refractivity contribution in [2.75, 3.05) is 6.61 Å². The molecule has 0 aliphatic heterocycles. The summed E-state index contributed by atoms with van der Waals surface area (Å²) in [6.45, 7) is 6.20. The topological polar surface area (TPSA) is 46.5 Å². The minimum atomic E-state index is -0.736. The van der Waals surface area contributed by atoms with Crippen LogP contribution >= 0.6 is 15.9 Å². The highest BCUT2D eigenvalue weighted by atomic mass is 79.9. The summed E-state index contributed by atoms with van der Waals surface area (Å²) in [4.78, 5) is 11.0. The van der Waals surface area contributed by atoms with Gasteiger partial charge in [0.25, 0.3) is 0 Å². The lowest BCUT2D eigenvalue weighted by Gasteiger charge is -2.16. The van der Waals surface area contributed by atoms with Crippen LogP contribution in [0, 0.1) is 5.92 Å². The summed E-state index contributed by atoms with van der Waals surface area (Å²) >= 11 is 3.50. The Morgan fingerprint density at radius 2 is 2.25 bits per heavy atom. The van der Waals surface area contributed by atoms with Gasteiger partial charge in [-0.3, -0.25) is 4.79 Å². The first kappa shape index (κ1) is 15.1. The SMILES string of the molecule is C=C(C)COc1ccc(C(CC(=O)O)C2CC2)cc1Br. The number of halogens is 1. The summed E-state index contributed by atoms with van der Waals surface area (Å²) in [6.07, 6.45) is 2.45. The molecule has 0 bridgehead atoms. The zero-order chi connectivity index (χ0) is 14.7. The van der Waals surface area contributed by atoms with Crippen molar-refractivity contribution in [3.05, 3.63) is 40.4 Å². The second-order valence-electron chi connectivity index (χ2n) is 5.48. The molecule has 1 aliphatic carbocycles. The van der Waals surface area contributed by atoms with Crippen molar-refractivity contribution in [3.8, 4) is 5.75 Å². The van der Waals surface area contributed by atoms with Crippen LogP contribution in [-0.4, -0.2) is 17.7 Å². The second-order valence-corrected chi connectivity index (χ2v) is 6.33. The Hall–Kier alpha value is -1.29. The van der Waals surface area contributed by atoms with E-state index in [4.69, 9.17) is 9.84 Å². The van der Waals surface area contributed by atoms with Gasteiger partial charge in [0.2, 0.25) is 0 Å². The fourth-order valence-electron chi connectivity index (χ4n) is 2.31. The lowest BCUT2D eigenvalue weighted by molar-refractivity contribution is -0.137. The molecule has 0 radical (unpaired) electrons. The Labute approximate surface area is 127 Å². The first-order valence-corrected chi connectivity index (χ1v) is 7.55. The van der Waals surface area contributed by atoms with Crippen molar-refractivity contribution >= 4 is 21.9 Å². The molecular weight excluding hydrogens is 320 g/mol. The molecule has 3 nitrogen and oxygen atoms in total. The smallest absolute Gasteiger partial charge is 0.303 e. The highest BCUT2D eigenvalue weighted by Gasteiger charge is 2.33. The van der Waals surface area contributed by atoms with Gasteiger partial charge in [0.05, 0.1) is 10.9 Å². The van der Waals surface area contributed by atoms with Gasteiger partial charge in [-0.2, -0.15) is 0 Å². The summed E-state index contributed by atoms with van der Waals surface area (Å²) in [5.74, 6) is 0.654. The Kier molecular flexibility index (Phi) is 4.86. The fraction of sp³-hybridized carbons (Fsp3) is 0.438. The average Bonchev–Trinajstić information content (AvgIpc) is 3.18. The Morgan fingerprint density at radius 1 is 1.55 bits per heavy atom. The van der Waals surface area contributed by atoms with Crippen molar-refractivity contribution in [1.29, 1.82) is 0 Å². The number of rotatable bonds is 7. The van der Waals surface area contributed by atoms with Crippen LogP contribution in [0.2, 0.25) is 0 Å². The summed E-state index contributed by atoms with van der Waals surface area (Å²) in [5.41, 5.74) is 2.03. The molecule has 20 heavy (non-hydrogen) atoms. The van der Waals surface area contributed by atoms with Crippen molar-refractivity contribution in [3.63, 3.8) is 0 Å². The zero-order valence-electron chi connectivity index (χ0n) is 11.6. The van der Waals surface area contributed by atoms with Crippen LogP contribution in [0.3, 0.4) is 0 Å². The van der Waals surface area contributed by atoms with Crippen molar-refractivity contribution < 1.29 is 14.6 Å². The van der Waals surface area contributed by atoms with Gasteiger partial charge >= 0.3 is 5.97 Å². The normalized spacial score (nSPS) is 15.7. The van der Waals surface area contributed by atoms with Crippen LogP contribution in [0.15, 0.2) is 34.8 Å². The maximum atomic E-state index is 11.0. The van der Waals surface area contributed by atoms with Crippen molar-refractivity contribution in [1.82, 2.24) is 0 Å². The maximum absolute atomic E-state index is 11.0. The van der Waals surface area contributed by atoms with Gasteiger partial charge in [0, 0.05) is 0 Å². The van der Waals surface area contributed by atoms with Gasteiger partial charge in [0.15, 0.2) is 0 Å². The molecule has 0 aromatic heterocycles. The van der Waals surface area contributed by atoms with E-state index in [9.17, 15) is 4.79 Å². The minimum Gasteiger partial charge on any atom is -0.488 e. The molecule has 1 N–H and O–H groups in total. The van der Waals surface area contributed by atoms with Crippen LogP contribution < -0.4 is 4.74 Å². The van der Waals surface area contributed by atoms with Crippen molar-refractivity contribution in [2.24, 2.45) is 5.92 Å². The van der Waals surface area contributed by atoms with E-state index in [1.165, 1.54) is 0 Å². The zero-order valence-corrected chi connectivity index (χ0v) is 13.1. The highest BCUT2D eigenvalue weighted by Crippen LogP contribution is 2.45. The minimum absolute atomic E-state index is 0.110. The number of carboxylic acid groups (broad SMARTS) is 1. The molecule has 0 saturated heterocycles. The van der Waals surface area contributed by atoms with Gasteiger partial charge < -0.3 is 9.84 Å². The molecule has 0 amide bonds. The van der Waals surface area contributed by atoms with Crippen LogP contribution in [-0.2, 0) is 4.79 Å². The van der Waals surface area contributed by atoms with E-state index in [0.717, 1.165) is 34.2 Å². The Balaban J connectivity index is 2.13. The third-order valence-corrected chi connectivity index (χ3v) is 4.06. The van der Waals surface area contributed by atoms with E-state index in [1.807, 2.05) is 25.1 Å². The molecule has 1 aliphatic rings. The van der Waals surface area contributed by atoms with E-state index in [1.54, 1.807) is 0 Å². The molecular formula is C16H19BrO3. The molecule has 1 aromatic rings. The number of hydrogen-bond acceptors (Lipinski definition) is 2. The van der Waals surface area contributed by atoms with Gasteiger partial charge in [-0.05, 0) is 70.8 Å². The monoisotopic (exact) mass is 338 g/mol. The number of benzene rings is 1. The lowest BCUT2D eigenvalue weighted by Crippen LogP contribution is -2.08. The summed E-state index contributed by atoms with van der Waals surface area (Å²) in [5, 5.41) is 9.04. The number of hydrogen-bond donors (Lipinski definition) is 1. The van der Waals surface area contributed by atoms with E-state index < -0.39 is 5.97 Å². The first-order chi connectivity index (χ1) is 9.47. The molecule has 4 heteroatoms. The van der Waals surface area contributed by atoms with E-state index in [0.29, 0.717) is 12.5 Å². The molecule has 1 fully saturated rings. The average molecular weight is 339 g/mol. The summed E-state index contributed by atoms with van der Waals surface area (Å²) < 4.78 is 6.50. The number of carbonyl (C=O) groups is 1. The number of carboxylic acids is 1. The highest BCUT2D eigenvalue weighted by molar-refractivity contribution is 9.10. The van der Waals surface area contributed by atoms with Crippen molar-refractivity contribution in [2.45, 2.75) is 32.1 Å². The van der Waals surface area contributed by atoms with Gasteiger partial charge in [-0.1, -0.05) is 12.6 Å². The van der Waals surface area contributed by atoms with E-state index >= 15 is 0 Å². The van der Waals surface area contributed by atoms with Gasteiger partial charge in [-0.25, -0.2) is 0 Å². The molecule has 108 valence electrons. The summed E-state index contributed by atoms with van der Waals surface area (Å²) in [6, 6.07) is 5.86. The van der Waals surface area contributed by atoms with Crippen LogP contribution in [0.5, 0.6) is 5.75 Å². The number of aliphatic carboxylic acids is 1. The van der Waals surface area contributed by atoms with Crippen LogP contribution in [0.1, 0.15) is 37.7 Å². The Bertz CT molecular complexity index is 520. The molecule has 2 rings (SSSR count). The van der Waals surface area contributed by atoms with Crippen LogP contribution in [0.4, 0.5) is 0 Å². The van der Waals surface area contributed by atoms with Gasteiger partial charge in [-0.15, -0.1) is 0 Å². The summed E-state index contributed by atoms with van der Waals surface area (Å²) in [7, 11) is 0. The molecule has 0 heterocycles. The first-order valence-electron chi connectivity index (χ1n) is 6.75.